The fraction of sp³-hybridized carbons (Fsp3) is 0.276. The van der Waals surface area contributed by atoms with Gasteiger partial charge in [-0.2, -0.15) is 13.2 Å². The summed E-state index contributed by atoms with van der Waals surface area (Å²) in [5, 5.41) is 19.6. The number of piperazine rings is 1. The van der Waals surface area contributed by atoms with E-state index in [0.29, 0.717) is 11.3 Å². The summed E-state index contributed by atoms with van der Waals surface area (Å²) in [4.78, 5) is 38.0. The first kappa shape index (κ1) is 30.0. The van der Waals surface area contributed by atoms with E-state index in [1.54, 1.807) is 30.3 Å². The second kappa shape index (κ2) is 12.5. The average Bonchev–Trinajstić information content (AvgIpc) is 2.88. The summed E-state index contributed by atoms with van der Waals surface area (Å²) in [7, 11) is 0. The van der Waals surface area contributed by atoms with Crippen LogP contribution in [0.3, 0.4) is 0 Å². The zero-order chi connectivity index (χ0) is 29.6. The number of benzene rings is 3. The molecule has 1 fully saturated rings. The highest BCUT2D eigenvalue weighted by Crippen LogP contribution is 2.31. The van der Waals surface area contributed by atoms with E-state index in [0.717, 1.165) is 30.9 Å². The van der Waals surface area contributed by atoms with Crippen LogP contribution in [0.1, 0.15) is 38.8 Å². The molecule has 212 valence electrons. The maximum absolute atomic E-state index is 12.9. The molecule has 40 heavy (non-hydrogen) atoms. The Bertz CT molecular complexity index is 1380. The summed E-state index contributed by atoms with van der Waals surface area (Å²) >= 11 is 0. The lowest BCUT2D eigenvalue weighted by molar-refractivity contribution is -0.192. The van der Waals surface area contributed by atoms with Crippen molar-refractivity contribution in [2.45, 2.75) is 33.0 Å². The van der Waals surface area contributed by atoms with E-state index in [1.807, 2.05) is 19.1 Å². The molecule has 3 aromatic carbocycles. The number of anilines is 3. The lowest BCUT2D eigenvalue weighted by atomic mass is 10.1. The Balaban J connectivity index is 0.000000559. The van der Waals surface area contributed by atoms with Crippen molar-refractivity contribution in [1.29, 1.82) is 0 Å². The van der Waals surface area contributed by atoms with E-state index < -0.39 is 18.1 Å². The molecule has 1 amide bonds. The summed E-state index contributed by atoms with van der Waals surface area (Å²) in [5.41, 5.74) is 5.52. The molecule has 0 bridgehead atoms. The van der Waals surface area contributed by atoms with Gasteiger partial charge in [-0.15, -0.1) is 0 Å². The number of aliphatic carboxylic acids is 1. The van der Waals surface area contributed by atoms with Crippen molar-refractivity contribution in [2.24, 2.45) is 0 Å². The number of nitrogens with one attached hydrogen (secondary N) is 1. The standard InChI is InChI=1S/C27H29N3O3.C2HF3O2/c1-18-7-9-21(10-8-18)26(31)28-24-16-22(27(32)33)11-12-25(24)29-13-14-30(20(3)17-29)23-6-4-5-19(2)15-23;3-2(4,5)1(6)7/h4-12,15-16,20H,13-14,17H2,1-3H3,(H,28,31)(H,32,33);(H,6,7). The molecule has 0 aliphatic carbocycles. The van der Waals surface area contributed by atoms with Crippen molar-refractivity contribution in [3.05, 3.63) is 89.0 Å². The minimum atomic E-state index is -5.08. The van der Waals surface area contributed by atoms with E-state index in [4.69, 9.17) is 9.90 Å². The zero-order valence-corrected chi connectivity index (χ0v) is 22.2. The lowest BCUT2D eigenvalue weighted by Gasteiger charge is -2.43. The van der Waals surface area contributed by atoms with Crippen molar-refractivity contribution < 1.29 is 37.8 Å². The Labute approximate surface area is 229 Å². The summed E-state index contributed by atoms with van der Waals surface area (Å²) in [6, 6.07) is 21.0. The number of carboxylic acids is 2. The van der Waals surface area contributed by atoms with E-state index >= 15 is 0 Å². The molecule has 3 N–H and O–H groups in total. The first-order chi connectivity index (χ1) is 18.8. The van der Waals surface area contributed by atoms with Gasteiger partial charge in [-0.05, 0) is 68.8 Å². The number of nitrogens with zero attached hydrogens (tertiary/aromatic N) is 2. The summed E-state index contributed by atoms with van der Waals surface area (Å²) in [6.07, 6.45) is -5.08. The number of carboxylic acid groups (broad SMARTS) is 2. The predicted molar refractivity (Wildman–Crippen MR) is 146 cm³/mol. The van der Waals surface area contributed by atoms with Gasteiger partial charge in [0.15, 0.2) is 0 Å². The highest BCUT2D eigenvalue weighted by atomic mass is 19.4. The lowest BCUT2D eigenvalue weighted by Crippen LogP contribution is -2.52. The van der Waals surface area contributed by atoms with Gasteiger partial charge >= 0.3 is 18.1 Å². The molecule has 1 aliphatic heterocycles. The average molecular weight is 558 g/mol. The molecule has 1 atom stereocenters. The molecule has 0 saturated carbocycles. The topological polar surface area (TPSA) is 110 Å². The Kier molecular flexibility index (Phi) is 9.41. The summed E-state index contributed by atoms with van der Waals surface area (Å²) in [6.45, 7) is 8.60. The van der Waals surface area contributed by atoms with E-state index in [-0.39, 0.29) is 17.5 Å². The monoisotopic (exact) mass is 557 g/mol. The van der Waals surface area contributed by atoms with Crippen molar-refractivity contribution in [3.63, 3.8) is 0 Å². The number of alkyl halides is 3. The number of hydrogen-bond acceptors (Lipinski definition) is 5. The van der Waals surface area contributed by atoms with Gasteiger partial charge in [0.2, 0.25) is 0 Å². The molecule has 0 radical (unpaired) electrons. The first-order valence-electron chi connectivity index (χ1n) is 12.4. The third kappa shape index (κ3) is 7.75. The van der Waals surface area contributed by atoms with Gasteiger partial charge in [0.25, 0.3) is 5.91 Å². The van der Waals surface area contributed by atoms with Crippen molar-refractivity contribution >= 4 is 34.9 Å². The van der Waals surface area contributed by atoms with E-state index in [1.165, 1.54) is 11.3 Å². The van der Waals surface area contributed by atoms with Crippen LogP contribution >= 0.6 is 0 Å². The van der Waals surface area contributed by atoms with Crippen LogP contribution < -0.4 is 15.1 Å². The smallest absolute Gasteiger partial charge is 0.478 e. The van der Waals surface area contributed by atoms with Gasteiger partial charge in [0.05, 0.1) is 16.9 Å². The molecule has 8 nitrogen and oxygen atoms in total. The maximum Gasteiger partial charge on any atom is 0.490 e. The molecule has 1 saturated heterocycles. The molecule has 1 heterocycles. The Hall–Kier alpha value is -4.54. The number of halogens is 3. The molecule has 11 heteroatoms. The second-order valence-corrected chi connectivity index (χ2v) is 9.49. The van der Waals surface area contributed by atoms with Crippen LogP contribution in [-0.2, 0) is 4.79 Å². The third-order valence-electron chi connectivity index (χ3n) is 6.35. The molecule has 1 aliphatic rings. The number of hydrogen-bond donors (Lipinski definition) is 3. The normalized spacial score (nSPS) is 15.1. The van der Waals surface area contributed by atoms with Crippen molar-refractivity contribution in [1.82, 2.24) is 0 Å². The van der Waals surface area contributed by atoms with Crippen molar-refractivity contribution in [3.8, 4) is 0 Å². The summed E-state index contributed by atoms with van der Waals surface area (Å²) < 4.78 is 31.7. The Morgan fingerprint density at radius 3 is 2.05 bits per heavy atom. The van der Waals surface area contributed by atoms with Gasteiger partial charge in [-0.3, -0.25) is 4.79 Å². The van der Waals surface area contributed by atoms with Crippen LogP contribution in [0, 0.1) is 13.8 Å². The van der Waals surface area contributed by atoms with Gasteiger partial charge in [0, 0.05) is 36.9 Å². The molecular formula is C29H30F3N3O5. The fourth-order valence-electron chi connectivity index (χ4n) is 4.31. The number of carbonyl (C=O) groups excluding carboxylic acids is 1. The number of aromatic carboxylic acids is 1. The number of rotatable bonds is 5. The molecule has 4 rings (SSSR count). The third-order valence-corrected chi connectivity index (χ3v) is 6.35. The van der Waals surface area contributed by atoms with Gasteiger partial charge in [-0.1, -0.05) is 29.8 Å². The highest BCUT2D eigenvalue weighted by molar-refractivity contribution is 6.06. The van der Waals surface area contributed by atoms with Crippen LogP contribution in [0.15, 0.2) is 66.7 Å². The minimum Gasteiger partial charge on any atom is -0.478 e. The van der Waals surface area contributed by atoms with Crippen LogP contribution in [0.2, 0.25) is 0 Å². The minimum absolute atomic E-state index is 0.143. The summed E-state index contributed by atoms with van der Waals surface area (Å²) in [5.74, 6) is -4.04. The first-order valence-corrected chi connectivity index (χ1v) is 12.4. The maximum atomic E-state index is 12.9. The quantitative estimate of drug-likeness (QED) is 0.375. The van der Waals surface area contributed by atoms with Crippen molar-refractivity contribution in [2.75, 3.05) is 34.8 Å². The van der Waals surface area contributed by atoms with Crippen LogP contribution in [0.25, 0.3) is 0 Å². The highest BCUT2D eigenvalue weighted by Gasteiger charge is 2.38. The second-order valence-electron chi connectivity index (χ2n) is 9.49. The Morgan fingerprint density at radius 1 is 0.875 bits per heavy atom. The van der Waals surface area contributed by atoms with Gasteiger partial charge in [0.1, 0.15) is 0 Å². The van der Waals surface area contributed by atoms with Gasteiger partial charge < -0.3 is 25.3 Å². The number of carbonyl (C=O) groups is 3. The number of amides is 1. The van der Waals surface area contributed by atoms with E-state index in [2.05, 4.69) is 53.2 Å². The Morgan fingerprint density at radius 2 is 1.50 bits per heavy atom. The van der Waals surface area contributed by atoms with Crippen LogP contribution in [0.5, 0.6) is 0 Å². The molecule has 3 aromatic rings. The largest absolute Gasteiger partial charge is 0.490 e. The fourth-order valence-corrected chi connectivity index (χ4v) is 4.31. The zero-order valence-electron chi connectivity index (χ0n) is 22.2. The van der Waals surface area contributed by atoms with Crippen LogP contribution in [0.4, 0.5) is 30.2 Å². The SMILES string of the molecule is Cc1ccc(C(=O)Nc2cc(C(=O)O)ccc2N2CCN(c3cccc(C)c3)C(C)C2)cc1.O=C(O)C(F)(F)F. The predicted octanol–water partition coefficient (Wildman–Crippen LogP) is 5.60. The molecular weight excluding hydrogens is 527 g/mol. The number of aryl methyl sites for hydroxylation is 2. The van der Waals surface area contributed by atoms with E-state index in [9.17, 15) is 27.9 Å². The molecule has 0 spiro atoms. The van der Waals surface area contributed by atoms with Gasteiger partial charge in [-0.25, -0.2) is 9.59 Å². The molecule has 0 aromatic heterocycles. The van der Waals surface area contributed by atoms with Crippen LogP contribution in [-0.4, -0.2) is 59.9 Å². The molecule has 1 unspecified atom stereocenters.